The van der Waals surface area contributed by atoms with Gasteiger partial charge in [-0.2, -0.15) is 0 Å². The molecule has 1 nitrogen and oxygen atoms in total. The first-order valence-corrected chi connectivity index (χ1v) is 2.25. The van der Waals surface area contributed by atoms with Crippen molar-refractivity contribution in [2.45, 2.75) is 13.3 Å². The van der Waals surface area contributed by atoms with E-state index in [1.165, 1.54) is 0 Å². The van der Waals surface area contributed by atoms with Crippen LogP contribution < -0.4 is 0 Å². The van der Waals surface area contributed by atoms with Crippen LogP contribution in [-0.2, 0) is 0 Å². The van der Waals surface area contributed by atoms with Gasteiger partial charge in [-0.25, -0.2) is 0 Å². The van der Waals surface area contributed by atoms with Gasteiger partial charge < -0.3 is 5.11 Å². The Morgan fingerprint density at radius 1 is 1.83 bits per heavy atom. The molecule has 1 atom stereocenters. The molecule has 0 aromatic carbocycles. The molecule has 1 radical (unpaired) electrons. The molecule has 0 aromatic heterocycles. The Morgan fingerprint density at radius 3 is 2.33 bits per heavy atom. The second-order valence-electron chi connectivity index (χ2n) is 1.46. The van der Waals surface area contributed by atoms with Crippen molar-refractivity contribution in [2.24, 2.45) is 5.92 Å². The average Bonchev–Trinajstić information content (AvgIpc) is 1.65. The van der Waals surface area contributed by atoms with Gasteiger partial charge in [-0.3, -0.25) is 0 Å². The van der Waals surface area contributed by atoms with Crippen LogP contribution in [0.2, 0.25) is 0 Å². The minimum atomic E-state index is 0.219. The molecule has 0 spiro atoms. The lowest BCUT2D eigenvalue weighted by Gasteiger charge is -1.97. The van der Waals surface area contributed by atoms with Crippen LogP contribution >= 0.6 is 0 Å². The summed E-state index contributed by atoms with van der Waals surface area (Å²) >= 11 is 0. The molecular formula is C5H11O. The van der Waals surface area contributed by atoms with Gasteiger partial charge in [-0.15, -0.1) is 0 Å². The van der Waals surface area contributed by atoms with Crippen molar-refractivity contribution < 1.29 is 5.11 Å². The predicted octanol–water partition coefficient (Wildman–Crippen LogP) is 0.839. The lowest BCUT2D eigenvalue weighted by molar-refractivity contribution is 0.248. The molecule has 6 heavy (non-hydrogen) atoms. The molecule has 0 aromatic rings. The fourth-order valence-corrected chi connectivity index (χ4v) is 0.129. The zero-order chi connectivity index (χ0) is 4.99. The second kappa shape index (κ2) is 3.16. The smallest absolute Gasteiger partial charge is 0.0459 e. The normalized spacial score (nSPS) is 14.5. The lowest BCUT2D eigenvalue weighted by atomic mass is 10.1. The summed E-state index contributed by atoms with van der Waals surface area (Å²) in [6.45, 7) is 5.85. The van der Waals surface area contributed by atoms with Crippen LogP contribution in [0.5, 0.6) is 0 Å². The van der Waals surface area contributed by atoms with Crippen molar-refractivity contribution in [3.8, 4) is 0 Å². The van der Waals surface area contributed by atoms with Gasteiger partial charge in [0.25, 0.3) is 0 Å². The van der Waals surface area contributed by atoms with Gasteiger partial charge in [0.1, 0.15) is 0 Å². The molecule has 0 heterocycles. The molecular weight excluding hydrogens is 76.1 g/mol. The first-order valence-electron chi connectivity index (χ1n) is 2.25. The molecule has 0 aliphatic carbocycles. The van der Waals surface area contributed by atoms with Crippen molar-refractivity contribution >= 4 is 0 Å². The van der Waals surface area contributed by atoms with Crippen molar-refractivity contribution in [2.75, 3.05) is 6.61 Å². The fourth-order valence-electron chi connectivity index (χ4n) is 0.129. The Bertz CT molecular complexity index is 23.1. The summed E-state index contributed by atoms with van der Waals surface area (Å²) in [6.07, 6.45) is 0.969. The van der Waals surface area contributed by atoms with Gasteiger partial charge in [0.15, 0.2) is 0 Å². The Labute approximate surface area is 39.0 Å². The molecule has 0 amide bonds. The third-order valence-corrected chi connectivity index (χ3v) is 0.836. The van der Waals surface area contributed by atoms with Crippen LogP contribution in [-0.4, -0.2) is 11.7 Å². The highest BCUT2D eigenvalue weighted by Crippen LogP contribution is 1.94. The average molecular weight is 87.1 g/mol. The van der Waals surface area contributed by atoms with Gasteiger partial charge in [-0.05, 0) is 12.8 Å². The number of aliphatic hydroxyl groups is 1. The third-order valence-electron chi connectivity index (χ3n) is 0.836. The van der Waals surface area contributed by atoms with Crippen molar-refractivity contribution in [3.05, 3.63) is 6.92 Å². The molecule has 1 heteroatoms. The van der Waals surface area contributed by atoms with E-state index in [4.69, 9.17) is 5.11 Å². The summed E-state index contributed by atoms with van der Waals surface area (Å²) in [5, 5.41) is 8.27. The molecule has 0 fully saturated rings. The minimum Gasteiger partial charge on any atom is -0.396 e. The van der Waals surface area contributed by atoms with E-state index in [1.54, 1.807) is 0 Å². The highest BCUT2D eigenvalue weighted by atomic mass is 16.3. The van der Waals surface area contributed by atoms with E-state index in [0.29, 0.717) is 0 Å². The summed E-state index contributed by atoms with van der Waals surface area (Å²) in [4.78, 5) is 0. The zero-order valence-electron chi connectivity index (χ0n) is 4.15. The Balaban J connectivity index is 2.75. The van der Waals surface area contributed by atoms with Gasteiger partial charge in [-0.1, -0.05) is 13.3 Å². The van der Waals surface area contributed by atoms with Crippen molar-refractivity contribution in [3.63, 3.8) is 0 Å². The van der Waals surface area contributed by atoms with Crippen LogP contribution in [0.4, 0.5) is 0 Å². The van der Waals surface area contributed by atoms with Crippen molar-refractivity contribution in [1.29, 1.82) is 0 Å². The molecule has 0 unspecified atom stereocenters. The SMILES string of the molecule is [CH2][C@@H](CC)CO. The highest BCUT2D eigenvalue weighted by molar-refractivity contribution is 4.53. The number of hydrogen-bond acceptors (Lipinski definition) is 1. The summed E-state index contributed by atoms with van der Waals surface area (Å²) in [5.41, 5.74) is 0. The van der Waals surface area contributed by atoms with Crippen LogP contribution in [0.25, 0.3) is 0 Å². The number of hydrogen-bond donors (Lipinski definition) is 1. The van der Waals surface area contributed by atoms with Crippen LogP contribution in [0.3, 0.4) is 0 Å². The maximum atomic E-state index is 8.27. The quantitative estimate of drug-likeness (QED) is 0.529. The molecule has 0 bridgehead atoms. The van der Waals surface area contributed by atoms with E-state index in [-0.39, 0.29) is 12.5 Å². The van der Waals surface area contributed by atoms with Crippen LogP contribution in [0.15, 0.2) is 0 Å². The Hall–Kier alpha value is -0.0400. The standard InChI is InChI=1S/C5H11O/c1-3-5(2)4-6/h5-6H,2-4H2,1H3/t5-/m0/s1. The van der Waals surface area contributed by atoms with E-state index in [9.17, 15) is 0 Å². The highest BCUT2D eigenvalue weighted by Gasteiger charge is 1.90. The van der Waals surface area contributed by atoms with Crippen molar-refractivity contribution in [1.82, 2.24) is 0 Å². The molecule has 37 valence electrons. The Morgan fingerprint density at radius 2 is 2.33 bits per heavy atom. The molecule has 1 N–H and O–H groups in total. The molecule has 0 saturated carbocycles. The van der Waals surface area contributed by atoms with Gasteiger partial charge in [0.05, 0.1) is 0 Å². The topological polar surface area (TPSA) is 20.2 Å². The van der Waals surface area contributed by atoms with Gasteiger partial charge in [0, 0.05) is 6.61 Å². The minimum absolute atomic E-state index is 0.219. The van der Waals surface area contributed by atoms with Crippen LogP contribution in [0.1, 0.15) is 13.3 Å². The largest absolute Gasteiger partial charge is 0.396 e. The maximum Gasteiger partial charge on any atom is 0.0459 e. The second-order valence-corrected chi connectivity index (χ2v) is 1.46. The fraction of sp³-hybridized carbons (Fsp3) is 0.800. The first-order chi connectivity index (χ1) is 2.81. The molecule has 0 aliphatic heterocycles. The third kappa shape index (κ3) is 2.21. The van der Waals surface area contributed by atoms with E-state index in [2.05, 4.69) is 6.92 Å². The Kier molecular flexibility index (Phi) is 3.14. The molecule has 0 saturated heterocycles. The van der Waals surface area contributed by atoms with Gasteiger partial charge in [0.2, 0.25) is 0 Å². The maximum absolute atomic E-state index is 8.27. The van der Waals surface area contributed by atoms with E-state index >= 15 is 0 Å². The van der Waals surface area contributed by atoms with E-state index < -0.39 is 0 Å². The lowest BCUT2D eigenvalue weighted by Crippen LogP contribution is -1.96. The number of aliphatic hydroxyl groups excluding tert-OH is 1. The van der Waals surface area contributed by atoms with Crippen LogP contribution in [0, 0.1) is 12.8 Å². The number of rotatable bonds is 2. The summed E-state index contributed by atoms with van der Waals surface area (Å²) in [7, 11) is 0. The van der Waals surface area contributed by atoms with E-state index in [1.807, 2.05) is 6.92 Å². The molecule has 0 rings (SSSR count). The first kappa shape index (κ1) is 5.96. The van der Waals surface area contributed by atoms with E-state index in [0.717, 1.165) is 6.42 Å². The predicted molar refractivity (Wildman–Crippen MR) is 26.2 cm³/mol. The summed E-state index contributed by atoms with van der Waals surface area (Å²) < 4.78 is 0. The summed E-state index contributed by atoms with van der Waals surface area (Å²) in [5.74, 6) is 0.241. The zero-order valence-corrected chi connectivity index (χ0v) is 4.15. The summed E-state index contributed by atoms with van der Waals surface area (Å²) in [6, 6.07) is 0. The van der Waals surface area contributed by atoms with Gasteiger partial charge >= 0.3 is 0 Å². The molecule has 0 aliphatic rings. The monoisotopic (exact) mass is 87.1 g/mol.